The van der Waals surface area contributed by atoms with Gasteiger partial charge in [0.2, 0.25) is 0 Å². The average Bonchev–Trinajstić information content (AvgIpc) is 2.50. The van der Waals surface area contributed by atoms with E-state index >= 15 is 0 Å². The molecule has 124 valence electrons. The first-order chi connectivity index (χ1) is 10.5. The number of aliphatic carboxylic acids is 1. The van der Waals surface area contributed by atoms with Crippen LogP contribution in [0.4, 0.5) is 0 Å². The minimum Gasteiger partial charge on any atom is -0.480 e. The lowest BCUT2D eigenvalue weighted by Gasteiger charge is -2.18. The molecule has 0 radical (unpaired) electrons. The molecule has 1 unspecified atom stereocenters. The molecule has 0 aliphatic heterocycles. The Balaban J connectivity index is 1.89. The maximum absolute atomic E-state index is 10.9. The summed E-state index contributed by atoms with van der Waals surface area (Å²) in [4.78, 5) is 10.9. The van der Waals surface area contributed by atoms with E-state index in [9.17, 15) is 4.79 Å². The van der Waals surface area contributed by atoms with E-state index in [-0.39, 0.29) is 0 Å². The fourth-order valence-electron chi connectivity index (χ4n) is 2.63. The number of carboxylic acid groups (broad SMARTS) is 1. The number of carbonyl (C=O) groups is 1. The van der Waals surface area contributed by atoms with Gasteiger partial charge in [-0.25, -0.2) is 0 Å². The molecule has 1 aromatic carbocycles. The van der Waals surface area contributed by atoms with Gasteiger partial charge < -0.3 is 10.8 Å². The molecule has 1 aromatic rings. The van der Waals surface area contributed by atoms with Gasteiger partial charge in [-0.3, -0.25) is 4.79 Å². The van der Waals surface area contributed by atoms with Gasteiger partial charge in [0.05, 0.1) is 0 Å². The number of carboxylic acids is 1. The molecule has 3 nitrogen and oxygen atoms in total. The van der Waals surface area contributed by atoms with Crippen molar-refractivity contribution < 1.29 is 9.90 Å². The van der Waals surface area contributed by atoms with Gasteiger partial charge in [-0.15, -0.1) is 0 Å². The highest BCUT2D eigenvalue weighted by Crippen LogP contribution is 2.15. The van der Waals surface area contributed by atoms with Crippen LogP contribution >= 0.6 is 0 Å². The molecule has 0 aliphatic carbocycles. The van der Waals surface area contributed by atoms with Crippen molar-refractivity contribution in [2.24, 2.45) is 5.73 Å². The van der Waals surface area contributed by atoms with Gasteiger partial charge in [-0.05, 0) is 31.7 Å². The third-order valence-electron chi connectivity index (χ3n) is 4.24. The quantitative estimate of drug-likeness (QED) is 0.557. The third kappa shape index (κ3) is 8.18. The summed E-state index contributed by atoms with van der Waals surface area (Å²) in [5.74, 6) is -0.897. The minimum atomic E-state index is -1.06. The maximum Gasteiger partial charge on any atom is 0.323 e. The van der Waals surface area contributed by atoms with Crippen molar-refractivity contribution in [1.82, 2.24) is 0 Å². The van der Waals surface area contributed by atoms with Gasteiger partial charge in [0.25, 0.3) is 0 Å². The second kappa shape index (κ2) is 10.4. The van der Waals surface area contributed by atoms with E-state index < -0.39 is 11.5 Å². The molecule has 0 bridgehead atoms. The number of aryl methyl sites for hydroxylation is 1. The van der Waals surface area contributed by atoms with Crippen molar-refractivity contribution >= 4 is 5.97 Å². The molecular formula is C19H31NO2. The molecule has 0 fully saturated rings. The number of nitrogens with two attached hydrogens (primary N) is 1. The lowest BCUT2D eigenvalue weighted by molar-refractivity contribution is -0.142. The molecule has 0 amide bonds. The zero-order valence-electron chi connectivity index (χ0n) is 13.9. The Morgan fingerprint density at radius 2 is 1.45 bits per heavy atom. The number of rotatable bonds is 12. The van der Waals surface area contributed by atoms with Gasteiger partial charge in [-0.2, -0.15) is 0 Å². The molecule has 1 rings (SSSR count). The first-order valence-corrected chi connectivity index (χ1v) is 8.58. The van der Waals surface area contributed by atoms with E-state index in [1.807, 2.05) is 0 Å². The predicted octanol–water partition coefficient (Wildman–Crippen LogP) is 4.54. The van der Waals surface area contributed by atoms with E-state index in [0.29, 0.717) is 6.42 Å². The van der Waals surface area contributed by atoms with Gasteiger partial charge in [-0.1, -0.05) is 75.3 Å². The van der Waals surface area contributed by atoms with E-state index in [4.69, 9.17) is 10.8 Å². The van der Waals surface area contributed by atoms with Crippen LogP contribution in [-0.4, -0.2) is 16.6 Å². The summed E-state index contributed by atoms with van der Waals surface area (Å²) in [7, 11) is 0. The Morgan fingerprint density at radius 1 is 0.955 bits per heavy atom. The Hall–Kier alpha value is -1.35. The number of unbranched alkanes of at least 4 members (excludes halogenated alkanes) is 7. The average molecular weight is 305 g/mol. The SMILES string of the molecule is CC(N)(CCCCCCCCCCc1ccccc1)C(=O)O. The zero-order valence-corrected chi connectivity index (χ0v) is 13.9. The van der Waals surface area contributed by atoms with Crippen LogP contribution in [-0.2, 0) is 11.2 Å². The van der Waals surface area contributed by atoms with Crippen LogP contribution in [0.5, 0.6) is 0 Å². The molecule has 0 saturated carbocycles. The van der Waals surface area contributed by atoms with Crippen molar-refractivity contribution in [3.63, 3.8) is 0 Å². The van der Waals surface area contributed by atoms with Crippen molar-refractivity contribution in [1.29, 1.82) is 0 Å². The van der Waals surface area contributed by atoms with E-state index in [0.717, 1.165) is 12.8 Å². The second-order valence-electron chi connectivity index (χ2n) is 6.54. The smallest absolute Gasteiger partial charge is 0.323 e. The van der Waals surface area contributed by atoms with Crippen LogP contribution in [0.2, 0.25) is 0 Å². The highest BCUT2D eigenvalue weighted by atomic mass is 16.4. The molecule has 0 spiro atoms. The summed E-state index contributed by atoms with van der Waals surface area (Å²) >= 11 is 0. The van der Waals surface area contributed by atoms with E-state index in [1.165, 1.54) is 50.5 Å². The first-order valence-electron chi connectivity index (χ1n) is 8.58. The molecule has 0 saturated heterocycles. The van der Waals surface area contributed by atoms with Crippen LogP contribution in [0.3, 0.4) is 0 Å². The van der Waals surface area contributed by atoms with Crippen molar-refractivity contribution in [3.8, 4) is 0 Å². The summed E-state index contributed by atoms with van der Waals surface area (Å²) in [6.45, 7) is 1.60. The molecule has 0 aliphatic rings. The van der Waals surface area contributed by atoms with Gasteiger partial charge in [0, 0.05) is 0 Å². The van der Waals surface area contributed by atoms with Crippen molar-refractivity contribution in [2.75, 3.05) is 0 Å². The van der Waals surface area contributed by atoms with Gasteiger partial charge in [0.1, 0.15) is 5.54 Å². The monoisotopic (exact) mass is 305 g/mol. The van der Waals surface area contributed by atoms with Gasteiger partial charge >= 0.3 is 5.97 Å². The first kappa shape index (κ1) is 18.7. The largest absolute Gasteiger partial charge is 0.480 e. The van der Waals surface area contributed by atoms with E-state index in [2.05, 4.69) is 30.3 Å². The second-order valence-corrected chi connectivity index (χ2v) is 6.54. The number of benzene rings is 1. The van der Waals surface area contributed by atoms with Crippen LogP contribution in [0.1, 0.15) is 70.3 Å². The van der Waals surface area contributed by atoms with E-state index in [1.54, 1.807) is 6.92 Å². The lowest BCUT2D eigenvalue weighted by atomic mass is 9.95. The fraction of sp³-hybridized carbons (Fsp3) is 0.632. The molecule has 3 N–H and O–H groups in total. The van der Waals surface area contributed by atoms with Crippen molar-refractivity contribution in [3.05, 3.63) is 35.9 Å². The predicted molar refractivity (Wildman–Crippen MR) is 91.9 cm³/mol. The van der Waals surface area contributed by atoms with Crippen LogP contribution in [0.15, 0.2) is 30.3 Å². The van der Waals surface area contributed by atoms with Crippen LogP contribution in [0, 0.1) is 0 Å². The highest BCUT2D eigenvalue weighted by molar-refractivity contribution is 5.77. The summed E-state index contributed by atoms with van der Waals surface area (Å²) in [6, 6.07) is 10.7. The summed E-state index contributed by atoms with van der Waals surface area (Å²) in [6.07, 6.45) is 11.4. The summed E-state index contributed by atoms with van der Waals surface area (Å²) < 4.78 is 0. The summed E-state index contributed by atoms with van der Waals surface area (Å²) in [5, 5.41) is 8.92. The topological polar surface area (TPSA) is 63.3 Å². The maximum atomic E-state index is 10.9. The number of hydrogen-bond donors (Lipinski definition) is 2. The Labute approximate surface area is 134 Å². The number of hydrogen-bond acceptors (Lipinski definition) is 2. The molecule has 3 heteroatoms. The Morgan fingerprint density at radius 3 is 2.00 bits per heavy atom. The Kier molecular flexibility index (Phi) is 8.83. The standard InChI is InChI=1S/C19H31NO2/c1-19(20,18(21)22)16-12-7-5-3-2-4-6-9-13-17-14-10-8-11-15-17/h8,10-11,14-15H,2-7,9,12-13,16,20H2,1H3,(H,21,22). The van der Waals surface area contributed by atoms with Gasteiger partial charge in [0.15, 0.2) is 0 Å². The molecule has 0 aromatic heterocycles. The normalized spacial score (nSPS) is 13.7. The minimum absolute atomic E-state index is 0.569. The van der Waals surface area contributed by atoms with Crippen molar-refractivity contribution in [2.45, 2.75) is 76.7 Å². The molecule has 1 atom stereocenters. The molecule has 0 heterocycles. The zero-order chi connectivity index (χ0) is 16.3. The molecular weight excluding hydrogens is 274 g/mol. The Bertz CT molecular complexity index is 415. The summed E-state index contributed by atoms with van der Waals surface area (Å²) in [5.41, 5.74) is 6.08. The highest BCUT2D eigenvalue weighted by Gasteiger charge is 2.26. The molecule has 22 heavy (non-hydrogen) atoms. The van der Waals surface area contributed by atoms with Crippen LogP contribution < -0.4 is 5.73 Å². The third-order valence-corrected chi connectivity index (χ3v) is 4.24. The fourth-order valence-corrected chi connectivity index (χ4v) is 2.63. The lowest BCUT2D eigenvalue weighted by Crippen LogP contribution is -2.44. The van der Waals surface area contributed by atoms with Crippen LogP contribution in [0.25, 0.3) is 0 Å².